The van der Waals surface area contributed by atoms with E-state index in [-0.39, 0.29) is 18.2 Å². The van der Waals surface area contributed by atoms with Crippen molar-refractivity contribution in [3.8, 4) is 0 Å². The van der Waals surface area contributed by atoms with E-state index in [4.69, 9.17) is 4.74 Å². The summed E-state index contributed by atoms with van der Waals surface area (Å²) >= 11 is 0. The first-order valence-electron chi connectivity index (χ1n) is 7.28. The van der Waals surface area contributed by atoms with Crippen LogP contribution in [0.4, 0.5) is 0 Å². The van der Waals surface area contributed by atoms with E-state index in [2.05, 4.69) is 10.0 Å². The molecule has 1 aliphatic rings. The standard InChI is InChI=1S/C13H28N2O4S/c1-10(2)19-9-11(16)8-14-12-6-4-5-7-13(12)15-20(3,17)18/h10-16H,4-9H2,1-3H3. The van der Waals surface area contributed by atoms with E-state index in [1.54, 1.807) is 0 Å². The Morgan fingerprint density at radius 3 is 2.40 bits per heavy atom. The smallest absolute Gasteiger partial charge is 0.209 e. The molecule has 0 amide bonds. The summed E-state index contributed by atoms with van der Waals surface area (Å²) in [5.74, 6) is 0. The Labute approximate surface area is 122 Å². The van der Waals surface area contributed by atoms with Crippen LogP contribution in [0.3, 0.4) is 0 Å². The van der Waals surface area contributed by atoms with Gasteiger partial charge < -0.3 is 15.2 Å². The third-order valence-corrected chi connectivity index (χ3v) is 4.10. The van der Waals surface area contributed by atoms with E-state index in [0.717, 1.165) is 25.7 Å². The van der Waals surface area contributed by atoms with Crippen molar-refractivity contribution >= 4 is 10.0 Å². The molecule has 0 bridgehead atoms. The Bertz CT molecular complexity index is 373. The minimum absolute atomic E-state index is 0.0761. The molecule has 3 unspecified atom stereocenters. The van der Waals surface area contributed by atoms with Crippen LogP contribution in [-0.2, 0) is 14.8 Å². The van der Waals surface area contributed by atoms with Crippen molar-refractivity contribution in [2.24, 2.45) is 0 Å². The number of sulfonamides is 1. The Morgan fingerprint density at radius 2 is 1.85 bits per heavy atom. The molecule has 1 saturated carbocycles. The van der Waals surface area contributed by atoms with Gasteiger partial charge in [-0.2, -0.15) is 0 Å². The third kappa shape index (κ3) is 7.54. The van der Waals surface area contributed by atoms with E-state index in [1.807, 2.05) is 13.8 Å². The molecule has 0 saturated heterocycles. The van der Waals surface area contributed by atoms with Crippen LogP contribution in [0.25, 0.3) is 0 Å². The van der Waals surface area contributed by atoms with Gasteiger partial charge in [0.05, 0.1) is 25.1 Å². The van der Waals surface area contributed by atoms with E-state index in [0.29, 0.717) is 13.2 Å². The molecule has 0 radical (unpaired) electrons. The summed E-state index contributed by atoms with van der Waals surface area (Å²) in [4.78, 5) is 0. The molecular formula is C13H28N2O4S. The molecular weight excluding hydrogens is 280 g/mol. The molecule has 0 aliphatic heterocycles. The van der Waals surface area contributed by atoms with E-state index in [1.165, 1.54) is 6.26 Å². The van der Waals surface area contributed by atoms with E-state index >= 15 is 0 Å². The van der Waals surface area contributed by atoms with Crippen molar-refractivity contribution in [2.45, 2.75) is 63.8 Å². The summed E-state index contributed by atoms with van der Waals surface area (Å²) in [6.45, 7) is 4.56. The van der Waals surface area contributed by atoms with Crippen molar-refractivity contribution in [3.63, 3.8) is 0 Å². The number of aliphatic hydroxyl groups excluding tert-OH is 1. The average molecular weight is 308 g/mol. The number of hydrogen-bond donors (Lipinski definition) is 3. The predicted molar refractivity (Wildman–Crippen MR) is 79.1 cm³/mol. The average Bonchev–Trinajstić information content (AvgIpc) is 2.33. The zero-order valence-corrected chi connectivity index (χ0v) is 13.4. The lowest BCUT2D eigenvalue weighted by atomic mass is 9.91. The molecule has 120 valence electrons. The van der Waals surface area contributed by atoms with Crippen LogP contribution in [0.15, 0.2) is 0 Å². The summed E-state index contributed by atoms with van der Waals surface area (Å²) < 4.78 is 30.7. The zero-order valence-electron chi connectivity index (χ0n) is 12.6. The minimum Gasteiger partial charge on any atom is -0.389 e. The Balaban J connectivity index is 2.38. The quantitative estimate of drug-likeness (QED) is 0.597. The van der Waals surface area contributed by atoms with Crippen molar-refractivity contribution in [1.82, 2.24) is 10.0 Å². The van der Waals surface area contributed by atoms with Crippen LogP contribution in [0, 0.1) is 0 Å². The highest BCUT2D eigenvalue weighted by Crippen LogP contribution is 2.19. The summed E-state index contributed by atoms with van der Waals surface area (Å²) in [6, 6.07) is -0.0101. The maximum atomic E-state index is 11.4. The van der Waals surface area contributed by atoms with Gasteiger partial charge in [0.2, 0.25) is 10.0 Å². The Kier molecular flexibility index (Phi) is 7.39. The van der Waals surface area contributed by atoms with Gasteiger partial charge in [-0.3, -0.25) is 0 Å². The molecule has 20 heavy (non-hydrogen) atoms. The molecule has 0 spiro atoms. The van der Waals surface area contributed by atoms with Gasteiger partial charge >= 0.3 is 0 Å². The molecule has 7 heteroatoms. The normalized spacial score (nSPS) is 25.9. The zero-order chi connectivity index (χ0) is 15.2. The molecule has 1 aliphatic carbocycles. The van der Waals surface area contributed by atoms with Crippen molar-refractivity contribution in [3.05, 3.63) is 0 Å². The van der Waals surface area contributed by atoms with Gasteiger partial charge in [-0.05, 0) is 26.7 Å². The highest BCUT2D eigenvalue weighted by molar-refractivity contribution is 7.88. The van der Waals surface area contributed by atoms with Crippen molar-refractivity contribution in [1.29, 1.82) is 0 Å². The summed E-state index contributed by atoms with van der Waals surface area (Å²) in [6.07, 6.45) is 4.58. The predicted octanol–water partition coefficient (Wildman–Crippen LogP) is 0.222. The highest BCUT2D eigenvalue weighted by Gasteiger charge is 2.27. The molecule has 0 aromatic carbocycles. The summed E-state index contributed by atoms with van der Waals surface area (Å²) in [7, 11) is -3.19. The number of nitrogens with one attached hydrogen (secondary N) is 2. The lowest BCUT2D eigenvalue weighted by Gasteiger charge is -2.33. The van der Waals surface area contributed by atoms with Crippen LogP contribution in [0.5, 0.6) is 0 Å². The van der Waals surface area contributed by atoms with Gasteiger partial charge in [0, 0.05) is 18.6 Å². The van der Waals surface area contributed by atoms with Crippen molar-refractivity contribution in [2.75, 3.05) is 19.4 Å². The fourth-order valence-electron chi connectivity index (χ4n) is 2.44. The van der Waals surface area contributed by atoms with Crippen LogP contribution in [-0.4, -0.2) is 57.2 Å². The molecule has 3 N–H and O–H groups in total. The largest absolute Gasteiger partial charge is 0.389 e. The molecule has 1 fully saturated rings. The van der Waals surface area contributed by atoms with E-state index < -0.39 is 16.1 Å². The number of aliphatic hydroxyl groups is 1. The first-order valence-corrected chi connectivity index (χ1v) is 9.17. The van der Waals surface area contributed by atoms with Crippen LogP contribution in [0.1, 0.15) is 39.5 Å². The van der Waals surface area contributed by atoms with Gasteiger partial charge in [0.15, 0.2) is 0 Å². The maximum absolute atomic E-state index is 11.4. The van der Waals surface area contributed by atoms with Crippen molar-refractivity contribution < 1.29 is 18.3 Å². The first-order chi connectivity index (χ1) is 9.28. The minimum atomic E-state index is -3.19. The topological polar surface area (TPSA) is 87.7 Å². The molecule has 3 atom stereocenters. The number of ether oxygens (including phenoxy) is 1. The van der Waals surface area contributed by atoms with E-state index in [9.17, 15) is 13.5 Å². The molecule has 0 aromatic heterocycles. The third-order valence-electron chi connectivity index (χ3n) is 3.37. The fourth-order valence-corrected chi connectivity index (χ4v) is 3.27. The van der Waals surface area contributed by atoms with Gasteiger partial charge in [-0.1, -0.05) is 12.8 Å². The van der Waals surface area contributed by atoms with Crippen LogP contribution < -0.4 is 10.0 Å². The maximum Gasteiger partial charge on any atom is 0.209 e. The molecule has 1 rings (SSSR count). The second-order valence-electron chi connectivity index (χ2n) is 5.83. The number of rotatable bonds is 8. The fraction of sp³-hybridized carbons (Fsp3) is 1.00. The lowest BCUT2D eigenvalue weighted by molar-refractivity contribution is 0.00469. The lowest BCUT2D eigenvalue weighted by Crippen LogP contribution is -2.53. The molecule has 6 nitrogen and oxygen atoms in total. The summed E-state index contributed by atoms with van der Waals surface area (Å²) in [5.41, 5.74) is 0. The number of hydrogen-bond acceptors (Lipinski definition) is 5. The van der Waals surface area contributed by atoms with Gasteiger partial charge in [0.25, 0.3) is 0 Å². The van der Waals surface area contributed by atoms with Gasteiger partial charge in [-0.15, -0.1) is 0 Å². The van der Waals surface area contributed by atoms with Gasteiger partial charge in [0.1, 0.15) is 0 Å². The second kappa shape index (κ2) is 8.29. The highest BCUT2D eigenvalue weighted by atomic mass is 32.2. The molecule has 0 aromatic rings. The summed E-state index contributed by atoms with van der Waals surface area (Å²) in [5, 5.41) is 13.1. The second-order valence-corrected chi connectivity index (χ2v) is 7.61. The Hall–Kier alpha value is -0.210. The monoisotopic (exact) mass is 308 g/mol. The van der Waals surface area contributed by atoms with Gasteiger partial charge in [-0.25, -0.2) is 13.1 Å². The van der Waals surface area contributed by atoms with Crippen LogP contribution in [0.2, 0.25) is 0 Å². The molecule has 0 heterocycles. The Morgan fingerprint density at radius 1 is 1.25 bits per heavy atom. The van der Waals surface area contributed by atoms with Crippen LogP contribution >= 0.6 is 0 Å². The SMILES string of the molecule is CC(C)OCC(O)CNC1CCCCC1NS(C)(=O)=O. The first kappa shape index (κ1) is 17.8.